The van der Waals surface area contributed by atoms with Crippen LogP contribution in [0.15, 0.2) is 47.9 Å². The van der Waals surface area contributed by atoms with Gasteiger partial charge in [0.1, 0.15) is 6.54 Å². The summed E-state index contributed by atoms with van der Waals surface area (Å²) >= 11 is 0. The van der Waals surface area contributed by atoms with Crippen molar-refractivity contribution in [2.75, 3.05) is 5.73 Å². The average Bonchev–Trinajstić information content (AvgIpc) is 3.47. The van der Waals surface area contributed by atoms with Crippen molar-refractivity contribution in [3.8, 4) is 22.5 Å². The van der Waals surface area contributed by atoms with E-state index in [1.807, 2.05) is 6.92 Å². The van der Waals surface area contributed by atoms with Crippen LogP contribution in [0.4, 0.5) is 19.0 Å². The molecule has 5 rings (SSSR count). The zero-order valence-corrected chi connectivity index (χ0v) is 21.2. The van der Waals surface area contributed by atoms with E-state index in [0.29, 0.717) is 48.2 Å². The number of imidazole rings is 1. The Morgan fingerprint density at radius 3 is 2.61 bits per heavy atom. The summed E-state index contributed by atoms with van der Waals surface area (Å²) < 4.78 is 69.7. The van der Waals surface area contributed by atoms with Gasteiger partial charge in [-0.15, -0.1) is 0 Å². The standard InChI is InChI=1S/C24H26F3N7O3S/c1-14-2-7-18(38(36,37)32-16-3-5-17(35)6-4-16)8-19(14)21-10-29-23-22(28)31-20(12-34(21)23)15-9-30-33(11-15)13-24(25,26)27/h2,7-12,16-17,32,35H,3-6,13H2,1H3,(H2,28,31). The summed E-state index contributed by atoms with van der Waals surface area (Å²) in [5, 5.41) is 13.5. The Labute approximate surface area is 216 Å². The van der Waals surface area contributed by atoms with E-state index in [9.17, 15) is 26.7 Å². The number of hydrogen-bond acceptors (Lipinski definition) is 7. The van der Waals surface area contributed by atoms with Gasteiger partial charge in [-0.3, -0.25) is 9.08 Å². The molecule has 0 aliphatic heterocycles. The minimum absolute atomic E-state index is 0.0555. The fourth-order valence-corrected chi connectivity index (χ4v) is 5.97. The topological polar surface area (TPSA) is 140 Å². The summed E-state index contributed by atoms with van der Waals surface area (Å²) in [4.78, 5) is 8.69. The number of halogens is 3. The molecule has 3 aromatic heterocycles. The van der Waals surface area contributed by atoms with Crippen LogP contribution in [0.3, 0.4) is 0 Å². The highest BCUT2D eigenvalue weighted by Crippen LogP contribution is 2.31. The smallest absolute Gasteiger partial charge is 0.393 e. The Balaban J connectivity index is 1.51. The lowest BCUT2D eigenvalue weighted by Crippen LogP contribution is -2.38. The van der Waals surface area contributed by atoms with Gasteiger partial charge in [0.15, 0.2) is 11.5 Å². The first kappa shape index (κ1) is 26.1. The van der Waals surface area contributed by atoms with E-state index in [1.165, 1.54) is 18.5 Å². The van der Waals surface area contributed by atoms with Gasteiger partial charge in [-0.25, -0.2) is 23.1 Å². The fraction of sp³-hybridized carbons (Fsp3) is 0.375. The monoisotopic (exact) mass is 549 g/mol. The molecule has 10 nitrogen and oxygen atoms in total. The maximum absolute atomic E-state index is 13.2. The lowest BCUT2D eigenvalue weighted by atomic mass is 9.94. The molecule has 0 bridgehead atoms. The first-order chi connectivity index (χ1) is 17.9. The number of aryl methyl sites for hydroxylation is 1. The zero-order chi connectivity index (χ0) is 27.2. The number of nitrogen functional groups attached to an aromatic ring is 1. The van der Waals surface area contributed by atoms with Gasteiger partial charge in [0.2, 0.25) is 10.0 Å². The maximum atomic E-state index is 13.2. The van der Waals surface area contributed by atoms with Crippen LogP contribution in [0.2, 0.25) is 0 Å². The predicted octanol–water partition coefficient (Wildman–Crippen LogP) is 3.29. The summed E-state index contributed by atoms with van der Waals surface area (Å²) in [6.45, 7) is 0.588. The number of rotatable bonds is 6. The molecule has 0 radical (unpaired) electrons. The summed E-state index contributed by atoms with van der Waals surface area (Å²) in [5.41, 5.74) is 8.95. The molecule has 0 saturated heterocycles. The molecule has 1 aliphatic rings. The Morgan fingerprint density at radius 2 is 1.89 bits per heavy atom. The molecule has 38 heavy (non-hydrogen) atoms. The number of nitrogens with two attached hydrogens (primary N) is 1. The highest BCUT2D eigenvalue weighted by molar-refractivity contribution is 7.89. The maximum Gasteiger partial charge on any atom is 0.408 e. The lowest BCUT2D eigenvalue weighted by Gasteiger charge is -2.26. The fourth-order valence-electron chi connectivity index (χ4n) is 4.64. The van der Waals surface area contributed by atoms with Crippen LogP contribution < -0.4 is 10.5 Å². The van der Waals surface area contributed by atoms with Gasteiger partial charge in [-0.1, -0.05) is 6.07 Å². The second-order valence-corrected chi connectivity index (χ2v) is 11.2. The van der Waals surface area contributed by atoms with Crippen molar-refractivity contribution >= 4 is 21.5 Å². The van der Waals surface area contributed by atoms with Gasteiger partial charge in [0.25, 0.3) is 0 Å². The molecule has 4 N–H and O–H groups in total. The molecule has 0 amide bonds. The minimum atomic E-state index is -4.42. The quantitative estimate of drug-likeness (QED) is 0.335. The highest BCUT2D eigenvalue weighted by atomic mass is 32.2. The second kappa shape index (κ2) is 9.67. The number of alkyl halides is 3. The summed E-state index contributed by atoms with van der Waals surface area (Å²) in [6, 6.07) is 4.52. The van der Waals surface area contributed by atoms with Gasteiger partial charge < -0.3 is 10.8 Å². The number of aliphatic hydroxyl groups is 1. The molecule has 3 heterocycles. The molecular formula is C24H26F3N7O3S. The molecule has 0 unspecified atom stereocenters. The first-order valence-corrected chi connectivity index (χ1v) is 13.4. The van der Waals surface area contributed by atoms with Crippen molar-refractivity contribution < 1.29 is 26.7 Å². The van der Waals surface area contributed by atoms with Crippen LogP contribution in [0.5, 0.6) is 0 Å². The van der Waals surface area contributed by atoms with E-state index >= 15 is 0 Å². The molecule has 0 spiro atoms. The molecule has 1 fully saturated rings. The van der Waals surface area contributed by atoms with Crippen LogP contribution in [0, 0.1) is 6.92 Å². The Bertz CT molecular complexity index is 1590. The van der Waals surface area contributed by atoms with Gasteiger partial charge >= 0.3 is 6.18 Å². The Kier molecular flexibility index (Phi) is 6.65. The number of sulfonamides is 1. The van der Waals surface area contributed by atoms with Crippen molar-refractivity contribution in [1.82, 2.24) is 28.9 Å². The van der Waals surface area contributed by atoms with Crippen LogP contribution in [0.1, 0.15) is 31.2 Å². The number of aliphatic hydroxyl groups excluding tert-OH is 1. The largest absolute Gasteiger partial charge is 0.408 e. The molecule has 14 heteroatoms. The van der Waals surface area contributed by atoms with Crippen molar-refractivity contribution in [3.05, 3.63) is 48.5 Å². The summed E-state index contributed by atoms with van der Waals surface area (Å²) in [6.07, 6.45) is 2.99. The minimum Gasteiger partial charge on any atom is -0.393 e. The van der Waals surface area contributed by atoms with Crippen LogP contribution >= 0.6 is 0 Å². The lowest BCUT2D eigenvalue weighted by molar-refractivity contribution is -0.142. The van der Waals surface area contributed by atoms with Crippen molar-refractivity contribution in [3.63, 3.8) is 0 Å². The summed E-state index contributed by atoms with van der Waals surface area (Å²) in [7, 11) is -3.83. The first-order valence-electron chi connectivity index (χ1n) is 11.9. The molecule has 4 aromatic rings. The van der Waals surface area contributed by atoms with Crippen molar-refractivity contribution in [2.45, 2.75) is 62.4 Å². The van der Waals surface area contributed by atoms with E-state index in [2.05, 4.69) is 19.8 Å². The van der Waals surface area contributed by atoms with E-state index < -0.39 is 28.8 Å². The third kappa shape index (κ3) is 5.37. The van der Waals surface area contributed by atoms with E-state index in [-0.39, 0.29) is 22.4 Å². The number of fused-ring (bicyclic) bond motifs is 1. The molecule has 1 aromatic carbocycles. The molecule has 0 atom stereocenters. The van der Waals surface area contributed by atoms with Gasteiger partial charge in [-0.05, 0) is 50.3 Å². The van der Waals surface area contributed by atoms with E-state index in [0.717, 1.165) is 10.2 Å². The van der Waals surface area contributed by atoms with Crippen molar-refractivity contribution in [1.29, 1.82) is 0 Å². The third-order valence-electron chi connectivity index (χ3n) is 6.60. The Hall–Kier alpha value is -3.49. The number of benzene rings is 1. The number of nitrogens with zero attached hydrogens (tertiary/aromatic N) is 5. The SMILES string of the molecule is Cc1ccc(S(=O)(=O)NC2CCC(O)CC2)cc1-c1cnc2c(N)nc(-c3cnn(CC(F)(F)F)c3)cn12. The van der Waals surface area contributed by atoms with Crippen LogP contribution in [-0.4, -0.2) is 56.0 Å². The number of aromatic nitrogens is 5. The normalized spacial score (nSPS) is 18.8. The number of nitrogens with one attached hydrogen (secondary N) is 1. The second-order valence-electron chi connectivity index (χ2n) is 9.49. The summed E-state index contributed by atoms with van der Waals surface area (Å²) in [5.74, 6) is 0.0555. The molecule has 1 aliphatic carbocycles. The number of anilines is 1. The molecule has 202 valence electrons. The van der Waals surface area contributed by atoms with Gasteiger partial charge in [0.05, 0.1) is 34.8 Å². The van der Waals surface area contributed by atoms with Crippen LogP contribution in [-0.2, 0) is 16.6 Å². The van der Waals surface area contributed by atoms with E-state index in [1.54, 1.807) is 28.9 Å². The third-order valence-corrected chi connectivity index (χ3v) is 8.12. The average molecular weight is 550 g/mol. The van der Waals surface area contributed by atoms with Gasteiger partial charge in [0, 0.05) is 29.6 Å². The highest BCUT2D eigenvalue weighted by Gasteiger charge is 2.29. The Morgan fingerprint density at radius 1 is 1.16 bits per heavy atom. The van der Waals surface area contributed by atoms with Crippen LogP contribution in [0.25, 0.3) is 28.2 Å². The van der Waals surface area contributed by atoms with Crippen molar-refractivity contribution in [2.24, 2.45) is 0 Å². The molecular weight excluding hydrogens is 523 g/mol. The predicted molar refractivity (Wildman–Crippen MR) is 133 cm³/mol. The van der Waals surface area contributed by atoms with E-state index in [4.69, 9.17) is 5.73 Å². The zero-order valence-electron chi connectivity index (χ0n) is 20.4. The van der Waals surface area contributed by atoms with Gasteiger partial charge in [-0.2, -0.15) is 18.3 Å². The molecule has 1 saturated carbocycles. The number of hydrogen-bond donors (Lipinski definition) is 3.